The molecule has 2 unspecified atom stereocenters. The Balaban J connectivity index is 1.98. The average molecular weight is 235 g/mol. The fourth-order valence-electron chi connectivity index (χ4n) is 2.47. The molecule has 0 saturated heterocycles. The lowest BCUT2D eigenvalue weighted by Crippen LogP contribution is -2.30. The molecule has 1 fully saturated rings. The van der Waals surface area contributed by atoms with Crippen LogP contribution >= 0.6 is 0 Å². The van der Waals surface area contributed by atoms with Crippen LogP contribution in [-0.4, -0.2) is 16.3 Å². The summed E-state index contributed by atoms with van der Waals surface area (Å²) in [6, 6.07) is 3.75. The molecule has 0 bridgehead atoms. The van der Waals surface area contributed by atoms with Crippen LogP contribution in [0.15, 0.2) is 12.1 Å². The van der Waals surface area contributed by atoms with Crippen molar-refractivity contribution in [2.75, 3.05) is 0 Å². The zero-order valence-electron chi connectivity index (χ0n) is 10.4. The normalized spacial score (nSPS) is 24.6. The van der Waals surface area contributed by atoms with Crippen molar-refractivity contribution < 1.29 is 4.74 Å². The molecule has 0 amide bonds. The molecule has 0 spiro atoms. The third-order valence-electron chi connectivity index (χ3n) is 3.54. The molecular weight excluding hydrogens is 214 g/mol. The van der Waals surface area contributed by atoms with E-state index in [0.717, 1.165) is 12.1 Å². The molecular formula is C13H21N3O. The topological polar surface area (TPSA) is 61.0 Å². The van der Waals surface area contributed by atoms with Gasteiger partial charge in [0.05, 0.1) is 5.69 Å². The molecule has 4 nitrogen and oxygen atoms in total. The van der Waals surface area contributed by atoms with Gasteiger partial charge in [0.15, 0.2) is 0 Å². The molecule has 1 heterocycles. The molecule has 4 heteroatoms. The monoisotopic (exact) mass is 235 g/mol. The third kappa shape index (κ3) is 3.16. The number of hydrogen-bond donors (Lipinski definition) is 1. The van der Waals surface area contributed by atoms with Crippen molar-refractivity contribution in [2.45, 2.75) is 51.7 Å². The first kappa shape index (κ1) is 12.3. The van der Waals surface area contributed by atoms with Gasteiger partial charge in [0.2, 0.25) is 5.88 Å². The Kier molecular flexibility index (Phi) is 4.31. The fourth-order valence-corrected chi connectivity index (χ4v) is 2.47. The molecule has 0 radical (unpaired) electrons. The van der Waals surface area contributed by atoms with Gasteiger partial charge in [-0.05, 0) is 37.7 Å². The molecule has 2 atom stereocenters. The highest BCUT2D eigenvalue weighted by Crippen LogP contribution is 2.29. The Hall–Kier alpha value is -1.16. The number of nitrogens with zero attached hydrogens (tertiary/aromatic N) is 2. The summed E-state index contributed by atoms with van der Waals surface area (Å²) in [5, 5.41) is 8.07. The first-order valence-corrected chi connectivity index (χ1v) is 6.52. The summed E-state index contributed by atoms with van der Waals surface area (Å²) >= 11 is 0. The van der Waals surface area contributed by atoms with Gasteiger partial charge in [0.1, 0.15) is 6.10 Å². The molecule has 1 aliphatic carbocycles. The van der Waals surface area contributed by atoms with Gasteiger partial charge in [0.25, 0.3) is 0 Å². The maximum absolute atomic E-state index is 5.94. The van der Waals surface area contributed by atoms with Crippen LogP contribution in [0.5, 0.6) is 5.88 Å². The summed E-state index contributed by atoms with van der Waals surface area (Å²) in [7, 11) is 0. The predicted molar refractivity (Wildman–Crippen MR) is 66.6 cm³/mol. The molecule has 94 valence electrons. The van der Waals surface area contributed by atoms with Gasteiger partial charge in [-0.25, -0.2) is 0 Å². The summed E-state index contributed by atoms with van der Waals surface area (Å²) < 4.78 is 5.94. The van der Waals surface area contributed by atoms with Gasteiger partial charge in [-0.2, -0.15) is 5.10 Å². The molecule has 0 aromatic carbocycles. The van der Waals surface area contributed by atoms with Crippen LogP contribution in [0.3, 0.4) is 0 Å². The summed E-state index contributed by atoms with van der Waals surface area (Å²) in [4.78, 5) is 0. The molecule has 2 rings (SSSR count). The predicted octanol–water partition coefficient (Wildman–Crippen LogP) is 2.28. The van der Waals surface area contributed by atoms with Crippen LogP contribution in [0.2, 0.25) is 0 Å². The van der Waals surface area contributed by atoms with Crippen molar-refractivity contribution in [2.24, 2.45) is 11.7 Å². The Morgan fingerprint density at radius 3 is 2.76 bits per heavy atom. The molecule has 1 saturated carbocycles. The number of hydrogen-bond acceptors (Lipinski definition) is 4. The number of ether oxygens (including phenoxy) is 1. The number of nitrogens with two attached hydrogens (primary N) is 1. The second kappa shape index (κ2) is 5.96. The minimum absolute atomic E-state index is 0.312. The van der Waals surface area contributed by atoms with Crippen LogP contribution in [-0.2, 0) is 6.54 Å². The molecule has 1 aromatic heterocycles. The van der Waals surface area contributed by atoms with Gasteiger partial charge in [-0.3, -0.25) is 0 Å². The average Bonchev–Trinajstić information content (AvgIpc) is 2.40. The second-order valence-electron chi connectivity index (χ2n) is 4.68. The Bertz CT molecular complexity index is 339. The minimum atomic E-state index is 0.312. The van der Waals surface area contributed by atoms with E-state index in [1.807, 2.05) is 12.1 Å². The Labute approximate surface area is 103 Å². The van der Waals surface area contributed by atoms with Crippen LogP contribution in [0.4, 0.5) is 0 Å². The second-order valence-corrected chi connectivity index (χ2v) is 4.68. The van der Waals surface area contributed by atoms with Crippen molar-refractivity contribution in [3.8, 4) is 5.88 Å². The van der Waals surface area contributed by atoms with E-state index in [0.29, 0.717) is 24.4 Å². The lowest BCUT2D eigenvalue weighted by Gasteiger charge is -2.30. The van der Waals surface area contributed by atoms with Crippen LogP contribution in [0.25, 0.3) is 0 Å². The van der Waals surface area contributed by atoms with E-state index < -0.39 is 0 Å². The van der Waals surface area contributed by atoms with Gasteiger partial charge in [0, 0.05) is 12.6 Å². The Morgan fingerprint density at radius 2 is 2.12 bits per heavy atom. The molecule has 1 aliphatic rings. The zero-order chi connectivity index (χ0) is 12.1. The van der Waals surface area contributed by atoms with E-state index in [1.165, 1.54) is 25.7 Å². The van der Waals surface area contributed by atoms with Crippen molar-refractivity contribution in [1.82, 2.24) is 10.2 Å². The third-order valence-corrected chi connectivity index (χ3v) is 3.54. The Morgan fingerprint density at radius 1 is 1.29 bits per heavy atom. The van der Waals surface area contributed by atoms with Crippen molar-refractivity contribution in [3.05, 3.63) is 17.8 Å². The largest absolute Gasteiger partial charge is 0.473 e. The van der Waals surface area contributed by atoms with E-state index in [-0.39, 0.29) is 0 Å². The number of rotatable bonds is 4. The van der Waals surface area contributed by atoms with E-state index in [4.69, 9.17) is 10.5 Å². The molecule has 2 N–H and O–H groups in total. The number of aromatic nitrogens is 2. The van der Waals surface area contributed by atoms with Gasteiger partial charge < -0.3 is 10.5 Å². The smallest absolute Gasteiger partial charge is 0.233 e. The molecule has 1 aromatic rings. The SMILES string of the molecule is CCC1CCCCC1Oc1ccc(CN)nn1. The van der Waals surface area contributed by atoms with Crippen molar-refractivity contribution in [1.29, 1.82) is 0 Å². The summed E-state index contributed by atoms with van der Waals surface area (Å²) in [6.45, 7) is 2.66. The van der Waals surface area contributed by atoms with Crippen LogP contribution < -0.4 is 10.5 Å². The van der Waals surface area contributed by atoms with E-state index in [2.05, 4.69) is 17.1 Å². The van der Waals surface area contributed by atoms with Crippen LogP contribution in [0, 0.1) is 5.92 Å². The highest BCUT2D eigenvalue weighted by molar-refractivity contribution is 5.11. The standard InChI is InChI=1S/C13H21N3O/c1-2-10-5-3-4-6-12(10)17-13-8-7-11(9-14)15-16-13/h7-8,10,12H,2-6,9,14H2,1H3. The van der Waals surface area contributed by atoms with Crippen molar-refractivity contribution >= 4 is 0 Å². The van der Waals surface area contributed by atoms with E-state index in [9.17, 15) is 0 Å². The highest BCUT2D eigenvalue weighted by Gasteiger charge is 2.25. The zero-order valence-corrected chi connectivity index (χ0v) is 10.4. The van der Waals surface area contributed by atoms with Crippen molar-refractivity contribution in [3.63, 3.8) is 0 Å². The van der Waals surface area contributed by atoms with E-state index in [1.54, 1.807) is 0 Å². The van der Waals surface area contributed by atoms with Gasteiger partial charge >= 0.3 is 0 Å². The first-order valence-electron chi connectivity index (χ1n) is 6.52. The lowest BCUT2D eigenvalue weighted by atomic mass is 9.85. The van der Waals surface area contributed by atoms with E-state index >= 15 is 0 Å². The summed E-state index contributed by atoms with van der Waals surface area (Å²) in [6.07, 6.45) is 6.49. The molecule has 17 heavy (non-hydrogen) atoms. The first-order chi connectivity index (χ1) is 8.33. The summed E-state index contributed by atoms with van der Waals surface area (Å²) in [5.74, 6) is 1.30. The van der Waals surface area contributed by atoms with Gasteiger partial charge in [-0.15, -0.1) is 5.10 Å². The quantitative estimate of drug-likeness (QED) is 0.869. The van der Waals surface area contributed by atoms with Gasteiger partial charge in [-0.1, -0.05) is 13.3 Å². The minimum Gasteiger partial charge on any atom is -0.473 e. The fraction of sp³-hybridized carbons (Fsp3) is 0.692. The van der Waals surface area contributed by atoms with Crippen LogP contribution in [0.1, 0.15) is 44.7 Å². The highest BCUT2D eigenvalue weighted by atomic mass is 16.5. The maximum atomic E-state index is 5.94. The molecule has 0 aliphatic heterocycles. The summed E-state index contributed by atoms with van der Waals surface area (Å²) in [5.41, 5.74) is 6.28. The lowest BCUT2D eigenvalue weighted by molar-refractivity contribution is 0.0847. The maximum Gasteiger partial charge on any atom is 0.233 e.